The number of likely N-dealkylation sites (tertiary alicyclic amines) is 1. The second kappa shape index (κ2) is 7.61. The molecule has 0 radical (unpaired) electrons. The van der Waals surface area contributed by atoms with E-state index in [0.29, 0.717) is 25.6 Å². The average Bonchev–Trinajstić information content (AvgIpc) is 2.89. The molecule has 1 atom stereocenters. The summed E-state index contributed by atoms with van der Waals surface area (Å²) in [4.78, 5) is 28.9. The lowest BCUT2D eigenvalue weighted by atomic mass is 10.1. The first-order chi connectivity index (χ1) is 10.0. The minimum Gasteiger partial charge on any atom is -0.481 e. The maximum atomic E-state index is 12.1. The predicted octanol–water partition coefficient (Wildman–Crippen LogP) is -0.260. The number of carbonyl (C=O) groups excluding carboxylic acids is 1. The molecule has 0 saturated carbocycles. The van der Waals surface area contributed by atoms with Crippen molar-refractivity contribution in [1.29, 1.82) is 0 Å². The van der Waals surface area contributed by atoms with E-state index in [2.05, 4.69) is 22.2 Å². The molecule has 2 rings (SSSR count). The van der Waals surface area contributed by atoms with Crippen LogP contribution in [0.1, 0.15) is 12.8 Å². The molecule has 7 heteroatoms. The van der Waals surface area contributed by atoms with Gasteiger partial charge in [-0.2, -0.15) is 0 Å². The number of amides is 2. The molecule has 0 spiro atoms. The second-order valence-corrected chi connectivity index (χ2v) is 6.08. The van der Waals surface area contributed by atoms with Crippen LogP contribution in [0.15, 0.2) is 0 Å². The van der Waals surface area contributed by atoms with Gasteiger partial charge < -0.3 is 20.2 Å². The van der Waals surface area contributed by atoms with Crippen molar-refractivity contribution in [2.45, 2.75) is 12.8 Å². The minimum absolute atomic E-state index is 0.0161. The van der Waals surface area contributed by atoms with Crippen LogP contribution in [0.3, 0.4) is 0 Å². The van der Waals surface area contributed by atoms with Crippen LogP contribution < -0.4 is 5.32 Å². The summed E-state index contributed by atoms with van der Waals surface area (Å²) in [5, 5.41) is 11.7. The molecule has 7 nitrogen and oxygen atoms in total. The second-order valence-electron chi connectivity index (χ2n) is 6.08. The fourth-order valence-corrected chi connectivity index (χ4v) is 2.96. The Balaban J connectivity index is 1.62. The molecular weight excluding hydrogens is 272 g/mol. The van der Waals surface area contributed by atoms with Crippen LogP contribution in [0.5, 0.6) is 0 Å². The van der Waals surface area contributed by atoms with Crippen molar-refractivity contribution in [1.82, 2.24) is 20.0 Å². The van der Waals surface area contributed by atoms with E-state index in [0.717, 1.165) is 39.1 Å². The SMILES string of the molecule is CN1CCC(CNC(=O)N2CCN(CCC(=O)O)CC2)C1. The van der Waals surface area contributed by atoms with Gasteiger partial charge in [-0.3, -0.25) is 9.69 Å². The van der Waals surface area contributed by atoms with Crippen LogP contribution in [-0.2, 0) is 4.79 Å². The van der Waals surface area contributed by atoms with Crippen LogP contribution >= 0.6 is 0 Å². The Morgan fingerprint density at radius 3 is 2.48 bits per heavy atom. The van der Waals surface area contributed by atoms with E-state index in [4.69, 9.17) is 5.11 Å². The quantitative estimate of drug-likeness (QED) is 0.731. The lowest BCUT2D eigenvalue weighted by molar-refractivity contribution is -0.137. The largest absolute Gasteiger partial charge is 0.481 e. The molecule has 0 aromatic carbocycles. The van der Waals surface area contributed by atoms with Crippen LogP contribution in [0.2, 0.25) is 0 Å². The number of nitrogens with one attached hydrogen (secondary N) is 1. The Kier molecular flexibility index (Phi) is 5.81. The van der Waals surface area contributed by atoms with Crippen LogP contribution in [0.4, 0.5) is 4.79 Å². The van der Waals surface area contributed by atoms with Gasteiger partial charge in [0.2, 0.25) is 0 Å². The van der Waals surface area contributed by atoms with E-state index in [1.165, 1.54) is 0 Å². The Bertz CT molecular complexity index is 369. The van der Waals surface area contributed by atoms with Gasteiger partial charge in [-0.15, -0.1) is 0 Å². The smallest absolute Gasteiger partial charge is 0.317 e. The van der Waals surface area contributed by atoms with Gasteiger partial charge in [0.05, 0.1) is 6.42 Å². The molecule has 2 fully saturated rings. The Hall–Kier alpha value is -1.34. The molecule has 2 amide bonds. The van der Waals surface area contributed by atoms with Crippen molar-refractivity contribution in [3.8, 4) is 0 Å². The zero-order valence-corrected chi connectivity index (χ0v) is 12.8. The third-order valence-corrected chi connectivity index (χ3v) is 4.33. The lowest BCUT2D eigenvalue weighted by Crippen LogP contribution is -2.52. The standard InChI is InChI=1S/C14H26N4O3/c1-16-4-2-12(11-16)10-15-14(21)18-8-6-17(7-9-18)5-3-13(19)20/h12H,2-11H2,1H3,(H,15,21)(H,19,20). The molecule has 2 aliphatic heterocycles. The molecule has 120 valence electrons. The zero-order chi connectivity index (χ0) is 15.2. The van der Waals surface area contributed by atoms with Gasteiger partial charge in [0, 0.05) is 45.8 Å². The number of nitrogens with zero attached hydrogens (tertiary/aromatic N) is 3. The summed E-state index contributed by atoms with van der Waals surface area (Å²) in [5.74, 6) is -0.201. The number of carbonyl (C=O) groups is 2. The monoisotopic (exact) mass is 298 g/mol. The molecule has 2 heterocycles. The molecule has 0 aromatic rings. The van der Waals surface area contributed by atoms with Crippen molar-refractivity contribution in [2.24, 2.45) is 5.92 Å². The van der Waals surface area contributed by atoms with Crippen LogP contribution in [0.25, 0.3) is 0 Å². The topological polar surface area (TPSA) is 76.1 Å². The Labute approximate surface area is 125 Å². The van der Waals surface area contributed by atoms with E-state index in [9.17, 15) is 9.59 Å². The maximum Gasteiger partial charge on any atom is 0.317 e. The van der Waals surface area contributed by atoms with E-state index in [-0.39, 0.29) is 12.5 Å². The number of urea groups is 1. The molecule has 2 aliphatic rings. The highest BCUT2D eigenvalue weighted by Crippen LogP contribution is 2.13. The summed E-state index contributed by atoms with van der Waals surface area (Å²) in [6, 6.07) is 0.0161. The number of carboxylic acids is 1. The molecule has 1 unspecified atom stereocenters. The number of hydrogen-bond acceptors (Lipinski definition) is 4. The van der Waals surface area contributed by atoms with E-state index < -0.39 is 5.97 Å². The maximum absolute atomic E-state index is 12.1. The number of piperazine rings is 1. The summed E-state index contributed by atoms with van der Waals surface area (Å²) >= 11 is 0. The van der Waals surface area contributed by atoms with Gasteiger partial charge in [0.15, 0.2) is 0 Å². The van der Waals surface area contributed by atoms with Gasteiger partial charge in [-0.05, 0) is 25.9 Å². The van der Waals surface area contributed by atoms with Crippen molar-refractivity contribution in [3.05, 3.63) is 0 Å². The zero-order valence-electron chi connectivity index (χ0n) is 12.8. The first kappa shape index (κ1) is 16.0. The number of carboxylic acid groups (broad SMARTS) is 1. The first-order valence-electron chi connectivity index (χ1n) is 7.70. The van der Waals surface area contributed by atoms with Gasteiger partial charge in [0.1, 0.15) is 0 Å². The number of aliphatic carboxylic acids is 1. The Morgan fingerprint density at radius 2 is 1.90 bits per heavy atom. The van der Waals surface area contributed by atoms with E-state index >= 15 is 0 Å². The summed E-state index contributed by atoms with van der Waals surface area (Å²) in [5.41, 5.74) is 0. The third kappa shape index (κ3) is 5.17. The summed E-state index contributed by atoms with van der Waals surface area (Å²) in [6.07, 6.45) is 1.32. The molecule has 0 bridgehead atoms. The fourth-order valence-electron chi connectivity index (χ4n) is 2.96. The molecule has 0 aromatic heterocycles. The summed E-state index contributed by atoms with van der Waals surface area (Å²) in [7, 11) is 2.11. The first-order valence-corrected chi connectivity index (χ1v) is 7.70. The summed E-state index contributed by atoms with van der Waals surface area (Å²) in [6.45, 7) is 6.36. The molecule has 21 heavy (non-hydrogen) atoms. The van der Waals surface area contributed by atoms with Gasteiger partial charge in [-0.1, -0.05) is 0 Å². The molecule has 2 saturated heterocycles. The molecular formula is C14H26N4O3. The fraction of sp³-hybridized carbons (Fsp3) is 0.857. The van der Waals surface area contributed by atoms with Gasteiger partial charge >= 0.3 is 12.0 Å². The highest BCUT2D eigenvalue weighted by molar-refractivity contribution is 5.74. The van der Waals surface area contributed by atoms with Crippen molar-refractivity contribution in [2.75, 3.05) is 59.4 Å². The highest BCUT2D eigenvalue weighted by atomic mass is 16.4. The minimum atomic E-state index is -0.767. The molecule has 0 aliphatic carbocycles. The third-order valence-electron chi connectivity index (χ3n) is 4.33. The predicted molar refractivity (Wildman–Crippen MR) is 79.3 cm³/mol. The van der Waals surface area contributed by atoms with Crippen molar-refractivity contribution >= 4 is 12.0 Å². The van der Waals surface area contributed by atoms with E-state index in [1.807, 2.05) is 4.90 Å². The average molecular weight is 298 g/mol. The van der Waals surface area contributed by atoms with E-state index in [1.54, 1.807) is 0 Å². The van der Waals surface area contributed by atoms with Crippen molar-refractivity contribution < 1.29 is 14.7 Å². The summed E-state index contributed by atoms with van der Waals surface area (Å²) < 4.78 is 0. The van der Waals surface area contributed by atoms with Crippen LogP contribution in [-0.4, -0.2) is 91.2 Å². The van der Waals surface area contributed by atoms with Gasteiger partial charge in [-0.25, -0.2) is 4.79 Å². The van der Waals surface area contributed by atoms with Crippen LogP contribution in [0, 0.1) is 5.92 Å². The van der Waals surface area contributed by atoms with Crippen molar-refractivity contribution in [3.63, 3.8) is 0 Å². The van der Waals surface area contributed by atoms with Gasteiger partial charge in [0.25, 0.3) is 0 Å². The number of hydrogen-bond donors (Lipinski definition) is 2. The lowest BCUT2D eigenvalue weighted by Gasteiger charge is -2.34. The molecule has 2 N–H and O–H groups in total. The highest BCUT2D eigenvalue weighted by Gasteiger charge is 2.23. The normalized spacial score (nSPS) is 24.2. The Morgan fingerprint density at radius 1 is 1.19 bits per heavy atom. The number of rotatable bonds is 5.